The van der Waals surface area contributed by atoms with E-state index in [2.05, 4.69) is 5.32 Å². The predicted molar refractivity (Wildman–Crippen MR) is 58.5 cm³/mol. The van der Waals surface area contributed by atoms with E-state index >= 15 is 0 Å². The molecule has 0 aliphatic carbocycles. The number of carbonyl (C=O) groups excluding carboxylic acids is 1. The van der Waals surface area contributed by atoms with Crippen molar-refractivity contribution in [2.24, 2.45) is 5.41 Å². The Kier molecular flexibility index (Phi) is 4.52. The highest BCUT2D eigenvalue weighted by molar-refractivity contribution is 6.00. The van der Waals surface area contributed by atoms with Gasteiger partial charge in [0.25, 0.3) is 0 Å². The number of nitrogens with one attached hydrogen (secondary N) is 1. The maximum absolute atomic E-state index is 11.7. The van der Waals surface area contributed by atoms with Crippen LogP contribution in [-0.4, -0.2) is 23.0 Å². The van der Waals surface area contributed by atoms with Gasteiger partial charge in [-0.05, 0) is 19.3 Å². The predicted octanol–water partition coefficient (Wildman–Crippen LogP) is 1.57. The molecular weight excluding hydrogens is 194 g/mol. The summed E-state index contributed by atoms with van der Waals surface area (Å²) in [5, 5.41) is 11.4. The zero-order chi connectivity index (χ0) is 12.2. The fraction of sp³-hybridized carbons (Fsp3) is 0.636. The Morgan fingerprint density at radius 3 is 2.00 bits per heavy atom. The van der Waals surface area contributed by atoms with Crippen molar-refractivity contribution in [3.05, 3.63) is 11.6 Å². The zero-order valence-electron chi connectivity index (χ0n) is 9.92. The topological polar surface area (TPSA) is 66.4 Å². The summed E-state index contributed by atoms with van der Waals surface area (Å²) >= 11 is 0. The van der Waals surface area contributed by atoms with Gasteiger partial charge in [0.15, 0.2) is 0 Å². The average Bonchev–Trinajstić information content (AvgIpc) is 1.95. The summed E-state index contributed by atoms with van der Waals surface area (Å²) in [6.07, 6.45) is 0.970. The number of carboxylic acid groups (broad SMARTS) is 1. The van der Waals surface area contributed by atoms with Gasteiger partial charge in [-0.15, -0.1) is 0 Å². The van der Waals surface area contributed by atoms with Crippen molar-refractivity contribution in [1.29, 1.82) is 0 Å². The van der Waals surface area contributed by atoms with Crippen LogP contribution in [-0.2, 0) is 9.59 Å². The van der Waals surface area contributed by atoms with Gasteiger partial charge >= 0.3 is 5.97 Å². The van der Waals surface area contributed by atoms with Crippen LogP contribution in [0, 0.1) is 5.41 Å². The fourth-order valence-corrected chi connectivity index (χ4v) is 1.09. The fourth-order valence-electron chi connectivity index (χ4n) is 1.09. The van der Waals surface area contributed by atoms with Crippen molar-refractivity contribution in [1.82, 2.24) is 5.32 Å². The number of aliphatic carboxylic acids is 1. The molecule has 4 heteroatoms. The minimum absolute atomic E-state index is 0.00274. The van der Waals surface area contributed by atoms with Gasteiger partial charge in [-0.25, -0.2) is 4.79 Å². The second kappa shape index (κ2) is 4.96. The number of carboxylic acids is 1. The van der Waals surface area contributed by atoms with Gasteiger partial charge in [-0.1, -0.05) is 20.8 Å². The van der Waals surface area contributed by atoms with Crippen LogP contribution in [0.1, 0.15) is 34.6 Å². The first kappa shape index (κ1) is 13.7. The molecule has 0 saturated heterocycles. The van der Waals surface area contributed by atoms with E-state index in [1.807, 2.05) is 34.6 Å². The van der Waals surface area contributed by atoms with Gasteiger partial charge in [-0.2, -0.15) is 0 Å². The Morgan fingerprint density at radius 2 is 1.73 bits per heavy atom. The summed E-state index contributed by atoms with van der Waals surface area (Å²) in [4.78, 5) is 22.3. The molecule has 86 valence electrons. The maximum Gasteiger partial charge on any atom is 0.328 e. The highest BCUT2D eigenvalue weighted by Gasteiger charge is 2.25. The third-order valence-corrected chi connectivity index (χ3v) is 1.74. The summed E-state index contributed by atoms with van der Waals surface area (Å²) in [6, 6.07) is -0.00274. The van der Waals surface area contributed by atoms with Crippen LogP contribution >= 0.6 is 0 Å². The van der Waals surface area contributed by atoms with Gasteiger partial charge in [0.2, 0.25) is 5.91 Å². The van der Waals surface area contributed by atoms with Crippen LogP contribution in [0.2, 0.25) is 0 Å². The lowest BCUT2D eigenvalue weighted by Gasteiger charge is -2.22. The molecule has 0 bridgehead atoms. The van der Waals surface area contributed by atoms with E-state index in [1.54, 1.807) is 0 Å². The van der Waals surface area contributed by atoms with Crippen LogP contribution in [0.4, 0.5) is 0 Å². The smallest absolute Gasteiger partial charge is 0.328 e. The molecule has 0 aromatic rings. The molecule has 0 aromatic heterocycles. The second-order valence-electron chi connectivity index (χ2n) is 4.77. The molecule has 0 radical (unpaired) electrons. The van der Waals surface area contributed by atoms with Crippen LogP contribution in [0.15, 0.2) is 11.6 Å². The van der Waals surface area contributed by atoms with Crippen molar-refractivity contribution in [2.75, 3.05) is 0 Å². The quantitative estimate of drug-likeness (QED) is 0.699. The lowest BCUT2D eigenvalue weighted by atomic mass is 9.85. The van der Waals surface area contributed by atoms with Gasteiger partial charge < -0.3 is 10.4 Å². The molecule has 0 fully saturated rings. The van der Waals surface area contributed by atoms with Gasteiger partial charge in [0.05, 0.1) is 0 Å². The summed E-state index contributed by atoms with van der Waals surface area (Å²) in [7, 11) is 0. The molecule has 0 atom stereocenters. The third-order valence-electron chi connectivity index (χ3n) is 1.74. The van der Waals surface area contributed by atoms with Crippen molar-refractivity contribution in [3.63, 3.8) is 0 Å². The molecule has 0 unspecified atom stereocenters. The van der Waals surface area contributed by atoms with E-state index in [1.165, 1.54) is 0 Å². The monoisotopic (exact) mass is 213 g/mol. The van der Waals surface area contributed by atoms with Crippen LogP contribution < -0.4 is 5.32 Å². The standard InChI is InChI=1S/C11H19NO3/c1-7(2)12-10(15)8(6-9(13)14)11(3,4)5/h6-7H,1-5H3,(H,12,15)(H,13,14)/b8-6+. The highest BCUT2D eigenvalue weighted by Crippen LogP contribution is 2.25. The lowest BCUT2D eigenvalue weighted by molar-refractivity contribution is -0.132. The highest BCUT2D eigenvalue weighted by atomic mass is 16.4. The first-order chi connectivity index (χ1) is 6.64. The summed E-state index contributed by atoms with van der Waals surface area (Å²) in [5.74, 6) is -1.42. The molecule has 0 aliphatic heterocycles. The Labute approximate surface area is 90.4 Å². The second-order valence-corrected chi connectivity index (χ2v) is 4.77. The summed E-state index contributed by atoms with van der Waals surface area (Å²) in [5.41, 5.74) is -0.194. The SMILES string of the molecule is CC(C)NC(=O)/C(=C\C(=O)O)C(C)(C)C. The molecule has 0 rings (SSSR count). The minimum Gasteiger partial charge on any atom is -0.478 e. The molecule has 4 nitrogen and oxygen atoms in total. The molecule has 0 saturated carbocycles. The third kappa shape index (κ3) is 5.20. The van der Waals surface area contributed by atoms with E-state index in [0.717, 1.165) is 6.08 Å². The van der Waals surface area contributed by atoms with Crippen molar-refractivity contribution in [3.8, 4) is 0 Å². The van der Waals surface area contributed by atoms with E-state index in [9.17, 15) is 9.59 Å². The molecule has 0 spiro atoms. The number of carbonyl (C=O) groups is 2. The molecule has 0 aromatic carbocycles. The van der Waals surface area contributed by atoms with Crippen LogP contribution in [0.5, 0.6) is 0 Å². The first-order valence-electron chi connectivity index (χ1n) is 4.90. The van der Waals surface area contributed by atoms with Crippen molar-refractivity contribution in [2.45, 2.75) is 40.7 Å². The Morgan fingerprint density at radius 1 is 1.27 bits per heavy atom. The zero-order valence-corrected chi connectivity index (χ0v) is 9.92. The number of hydrogen-bond donors (Lipinski definition) is 2. The molecule has 2 N–H and O–H groups in total. The number of amides is 1. The molecule has 15 heavy (non-hydrogen) atoms. The summed E-state index contributed by atoms with van der Waals surface area (Å²) < 4.78 is 0. The number of rotatable bonds is 3. The van der Waals surface area contributed by atoms with E-state index in [4.69, 9.17) is 5.11 Å². The molecular formula is C11H19NO3. The molecule has 0 heterocycles. The maximum atomic E-state index is 11.7. The van der Waals surface area contributed by atoms with E-state index in [0.29, 0.717) is 0 Å². The molecule has 1 amide bonds. The normalized spacial score (nSPS) is 12.8. The van der Waals surface area contributed by atoms with Gasteiger partial charge in [-0.3, -0.25) is 4.79 Å². The molecule has 0 aliphatic rings. The van der Waals surface area contributed by atoms with Crippen molar-refractivity contribution < 1.29 is 14.7 Å². The largest absolute Gasteiger partial charge is 0.478 e. The summed E-state index contributed by atoms with van der Waals surface area (Å²) in [6.45, 7) is 9.09. The van der Waals surface area contributed by atoms with E-state index < -0.39 is 11.4 Å². The minimum atomic E-state index is -1.10. The van der Waals surface area contributed by atoms with Gasteiger partial charge in [0.1, 0.15) is 0 Å². The Hall–Kier alpha value is -1.32. The van der Waals surface area contributed by atoms with Gasteiger partial charge in [0, 0.05) is 17.7 Å². The Bertz CT molecular complexity index is 285. The lowest BCUT2D eigenvalue weighted by Crippen LogP contribution is -2.35. The van der Waals surface area contributed by atoms with E-state index in [-0.39, 0.29) is 17.5 Å². The number of hydrogen-bond acceptors (Lipinski definition) is 2. The van der Waals surface area contributed by atoms with Crippen molar-refractivity contribution >= 4 is 11.9 Å². The van der Waals surface area contributed by atoms with Crippen LogP contribution in [0.25, 0.3) is 0 Å². The average molecular weight is 213 g/mol. The first-order valence-corrected chi connectivity index (χ1v) is 4.90. The van der Waals surface area contributed by atoms with Crippen LogP contribution in [0.3, 0.4) is 0 Å². The Balaban J connectivity index is 4.97.